The third kappa shape index (κ3) is 3.91. The van der Waals surface area contributed by atoms with Gasteiger partial charge in [-0.25, -0.2) is 0 Å². The quantitative estimate of drug-likeness (QED) is 0.894. The van der Waals surface area contributed by atoms with Crippen molar-refractivity contribution in [2.24, 2.45) is 0 Å². The second kappa shape index (κ2) is 6.99. The van der Waals surface area contributed by atoms with Crippen LogP contribution in [0.1, 0.15) is 44.9 Å². The molecule has 3 atom stereocenters. The molecule has 0 radical (unpaired) electrons. The van der Waals surface area contributed by atoms with E-state index in [1.165, 1.54) is 25.7 Å². The van der Waals surface area contributed by atoms with Gasteiger partial charge in [-0.15, -0.1) is 0 Å². The highest BCUT2D eigenvalue weighted by Crippen LogP contribution is 2.27. The van der Waals surface area contributed by atoms with E-state index < -0.39 is 6.10 Å². The summed E-state index contributed by atoms with van der Waals surface area (Å²) in [5.41, 5.74) is 0. The molecule has 0 bridgehead atoms. The van der Waals surface area contributed by atoms with Crippen LogP contribution in [0, 0.1) is 0 Å². The van der Waals surface area contributed by atoms with Crippen LogP contribution in [-0.4, -0.2) is 29.4 Å². The van der Waals surface area contributed by atoms with E-state index in [2.05, 4.69) is 5.32 Å². The van der Waals surface area contributed by atoms with E-state index in [9.17, 15) is 5.11 Å². The second-order valence-corrected chi connectivity index (χ2v) is 6.73. The lowest BCUT2D eigenvalue weighted by atomic mass is 9.89. The van der Waals surface area contributed by atoms with Gasteiger partial charge in [0.25, 0.3) is 0 Å². The maximum Gasteiger partial charge on any atom is 0.126 e. The Hall–Kier alpha value is -0.770. The molecular weight excluding hydrogens is 286 g/mol. The number of aliphatic hydroxyl groups is 1. The molecule has 3 nitrogen and oxygen atoms in total. The van der Waals surface area contributed by atoms with Crippen molar-refractivity contribution >= 4 is 11.6 Å². The fraction of sp³-hybridized carbons (Fsp3) is 0.647. The van der Waals surface area contributed by atoms with E-state index in [4.69, 9.17) is 16.3 Å². The Labute approximate surface area is 131 Å². The zero-order chi connectivity index (χ0) is 14.7. The molecular formula is C17H24ClNO2. The number of aliphatic hydroxyl groups excluding tert-OH is 1. The molecule has 0 heterocycles. The van der Waals surface area contributed by atoms with Gasteiger partial charge >= 0.3 is 0 Å². The van der Waals surface area contributed by atoms with Gasteiger partial charge in [-0.3, -0.25) is 0 Å². The smallest absolute Gasteiger partial charge is 0.126 e. The van der Waals surface area contributed by atoms with Crippen molar-refractivity contribution in [2.75, 3.05) is 0 Å². The third-order valence-electron chi connectivity index (χ3n) is 4.69. The maximum atomic E-state index is 10.6. The normalized spacial score (nSPS) is 30.5. The Morgan fingerprint density at radius 2 is 1.90 bits per heavy atom. The van der Waals surface area contributed by atoms with Crippen LogP contribution in [0.4, 0.5) is 0 Å². The van der Waals surface area contributed by atoms with Gasteiger partial charge in [0.1, 0.15) is 18.0 Å². The average Bonchev–Trinajstić information content (AvgIpc) is 2.96. The van der Waals surface area contributed by atoms with Crippen molar-refractivity contribution in [3.05, 3.63) is 29.3 Å². The summed E-state index contributed by atoms with van der Waals surface area (Å²) in [4.78, 5) is 0. The summed E-state index contributed by atoms with van der Waals surface area (Å²) in [5.74, 6) is 0.744. The first-order valence-corrected chi connectivity index (χ1v) is 8.46. The molecule has 0 aliphatic heterocycles. The molecule has 1 aromatic carbocycles. The van der Waals surface area contributed by atoms with Crippen LogP contribution < -0.4 is 10.1 Å². The minimum atomic E-state index is -0.446. The van der Waals surface area contributed by atoms with Crippen molar-refractivity contribution in [3.8, 4) is 5.75 Å². The van der Waals surface area contributed by atoms with E-state index >= 15 is 0 Å². The van der Waals surface area contributed by atoms with Crippen molar-refractivity contribution < 1.29 is 9.84 Å². The standard InChI is InChI=1S/C17H24ClNO2/c18-12-5-3-8-14(11-12)21-16-10-4-9-15(17(16)20)19-13-6-1-2-7-13/h3,5,8,11,13,15-17,19-20H,1-2,4,6-7,9-10H2/t15-,16+,17+/m0/s1. The molecule has 2 N–H and O–H groups in total. The molecule has 0 amide bonds. The van der Waals surface area contributed by atoms with E-state index in [-0.39, 0.29) is 12.1 Å². The number of hydrogen-bond donors (Lipinski definition) is 2. The minimum Gasteiger partial charge on any atom is -0.488 e. The van der Waals surface area contributed by atoms with Gasteiger partial charge in [-0.2, -0.15) is 0 Å². The molecule has 1 aromatic rings. The lowest BCUT2D eigenvalue weighted by molar-refractivity contribution is -0.0179. The summed E-state index contributed by atoms with van der Waals surface area (Å²) in [7, 11) is 0. The lowest BCUT2D eigenvalue weighted by Crippen LogP contribution is -2.53. The van der Waals surface area contributed by atoms with Gasteiger partial charge in [0.15, 0.2) is 0 Å². The van der Waals surface area contributed by atoms with E-state index in [1.807, 2.05) is 24.3 Å². The molecule has 3 rings (SSSR count). The molecule has 116 valence electrons. The molecule has 0 saturated heterocycles. The van der Waals surface area contributed by atoms with E-state index in [0.29, 0.717) is 11.1 Å². The third-order valence-corrected chi connectivity index (χ3v) is 4.92. The van der Waals surface area contributed by atoms with Crippen LogP contribution in [-0.2, 0) is 0 Å². The van der Waals surface area contributed by atoms with Crippen molar-refractivity contribution in [1.29, 1.82) is 0 Å². The van der Waals surface area contributed by atoms with E-state index in [1.54, 1.807) is 0 Å². The van der Waals surface area contributed by atoms with Crippen LogP contribution in [0.15, 0.2) is 24.3 Å². The van der Waals surface area contributed by atoms with Gasteiger partial charge in [0, 0.05) is 17.1 Å². The predicted octanol–water partition coefficient (Wildman–Crippen LogP) is 3.53. The molecule has 2 aliphatic rings. The van der Waals surface area contributed by atoms with Gasteiger partial charge < -0.3 is 15.2 Å². The number of hydrogen-bond acceptors (Lipinski definition) is 3. The average molecular weight is 310 g/mol. The van der Waals surface area contributed by atoms with Crippen LogP contribution in [0.2, 0.25) is 5.02 Å². The first-order valence-electron chi connectivity index (χ1n) is 8.09. The largest absolute Gasteiger partial charge is 0.488 e. The Kier molecular flexibility index (Phi) is 5.04. The summed E-state index contributed by atoms with van der Waals surface area (Å²) < 4.78 is 5.97. The Morgan fingerprint density at radius 1 is 1.10 bits per heavy atom. The molecule has 0 unspecified atom stereocenters. The highest BCUT2D eigenvalue weighted by atomic mass is 35.5. The first kappa shape index (κ1) is 15.1. The molecule has 2 fully saturated rings. The highest BCUT2D eigenvalue weighted by Gasteiger charge is 2.34. The van der Waals surface area contributed by atoms with Crippen molar-refractivity contribution in [2.45, 2.75) is 69.2 Å². The molecule has 2 aliphatic carbocycles. The SMILES string of the molecule is O[C@@H]1[C@@H](NC2CCCC2)CCC[C@H]1Oc1cccc(Cl)c1. The van der Waals surface area contributed by atoms with Crippen molar-refractivity contribution in [1.82, 2.24) is 5.32 Å². The highest BCUT2D eigenvalue weighted by molar-refractivity contribution is 6.30. The molecule has 2 saturated carbocycles. The zero-order valence-corrected chi connectivity index (χ0v) is 13.1. The number of ether oxygens (including phenoxy) is 1. The molecule has 0 spiro atoms. The number of halogens is 1. The van der Waals surface area contributed by atoms with Gasteiger partial charge in [-0.1, -0.05) is 30.5 Å². The molecule has 0 aromatic heterocycles. The number of nitrogens with one attached hydrogen (secondary N) is 1. The predicted molar refractivity (Wildman–Crippen MR) is 84.9 cm³/mol. The monoisotopic (exact) mass is 309 g/mol. The molecule has 4 heteroatoms. The fourth-order valence-electron chi connectivity index (χ4n) is 3.56. The van der Waals surface area contributed by atoms with Crippen LogP contribution in [0.25, 0.3) is 0 Å². The second-order valence-electron chi connectivity index (χ2n) is 6.29. The van der Waals surface area contributed by atoms with Crippen LogP contribution >= 0.6 is 11.6 Å². The van der Waals surface area contributed by atoms with E-state index in [0.717, 1.165) is 25.0 Å². The Balaban J connectivity index is 1.60. The van der Waals surface area contributed by atoms with Gasteiger partial charge in [0.2, 0.25) is 0 Å². The topological polar surface area (TPSA) is 41.5 Å². The summed E-state index contributed by atoms with van der Waals surface area (Å²) >= 11 is 5.99. The van der Waals surface area contributed by atoms with Crippen molar-refractivity contribution in [3.63, 3.8) is 0 Å². The summed E-state index contributed by atoms with van der Waals surface area (Å²) in [6.45, 7) is 0. The summed E-state index contributed by atoms with van der Waals surface area (Å²) in [6, 6.07) is 8.15. The summed E-state index contributed by atoms with van der Waals surface area (Å²) in [6.07, 6.45) is 7.53. The first-order chi connectivity index (χ1) is 10.2. The van der Waals surface area contributed by atoms with Gasteiger partial charge in [-0.05, 0) is 50.3 Å². The Bertz CT molecular complexity index is 462. The summed E-state index contributed by atoms with van der Waals surface area (Å²) in [5, 5.41) is 14.9. The Morgan fingerprint density at radius 3 is 2.67 bits per heavy atom. The lowest BCUT2D eigenvalue weighted by Gasteiger charge is -2.36. The number of benzene rings is 1. The van der Waals surface area contributed by atoms with Gasteiger partial charge in [0.05, 0.1) is 0 Å². The minimum absolute atomic E-state index is 0.142. The van der Waals surface area contributed by atoms with Crippen LogP contribution in [0.3, 0.4) is 0 Å². The maximum absolute atomic E-state index is 10.6. The fourth-order valence-corrected chi connectivity index (χ4v) is 3.74. The van der Waals surface area contributed by atoms with Crippen LogP contribution in [0.5, 0.6) is 5.75 Å². The number of rotatable bonds is 4. The molecule has 21 heavy (non-hydrogen) atoms. The zero-order valence-electron chi connectivity index (χ0n) is 12.3.